The highest BCUT2D eigenvalue weighted by molar-refractivity contribution is 7.26. The van der Waals surface area contributed by atoms with Crippen molar-refractivity contribution in [2.75, 3.05) is 0 Å². The Morgan fingerprint density at radius 2 is 1.19 bits per heavy atom. The fraction of sp³-hybridized carbons (Fsp3) is 0. The first-order chi connectivity index (χ1) is 23.3. The van der Waals surface area contributed by atoms with E-state index in [-0.39, 0.29) is 0 Å². The summed E-state index contributed by atoms with van der Waals surface area (Å²) in [5.74, 6) is 1.51. The van der Waals surface area contributed by atoms with Gasteiger partial charge in [-0.05, 0) is 71.8 Å². The summed E-state index contributed by atoms with van der Waals surface area (Å²) in [5.41, 5.74) is 7.93. The quantitative estimate of drug-likeness (QED) is 0.180. The number of thiophene rings is 1. The molecule has 47 heavy (non-hydrogen) atoms. The molecule has 4 aromatic heterocycles. The number of rotatable bonds is 5. The maximum Gasteiger partial charge on any atom is 0.307 e. The van der Waals surface area contributed by atoms with Crippen LogP contribution >= 0.6 is 11.3 Å². The van der Waals surface area contributed by atoms with Crippen molar-refractivity contribution >= 4 is 42.5 Å². The van der Waals surface area contributed by atoms with Crippen molar-refractivity contribution in [2.24, 2.45) is 0 Å². The van der Waals surface area contributed by atoms with Crippen LogP contribution in [0.4, 0.5) is 0 Å². The molecule has 6 heteroatoms. The average molecular weight is 621 g/mol. The zero-order valence-corrected chi connectivity index (χ0v) is 26.0. The lowest BCUT2D eigenvalue weighted by Crippen LogP contribution is -2.35. The van der Waals surface area contributed by atoms with Crippen LogP contribution < -0.4 is 4.57 Å². The minimum Gasteiger partial charge on any atom is -0.237 e. The Morgan fingerprint density at radius 3 is 1.96 bits per heavy atom. The molecule has 0 aliphatic heterocycles. The summed E-state index contributed by atoms with van der Waals surface area (Å²) in [6.45, 7) is 0. The molecular formula is C41H26N5S+. The number of hydrogen-bond donors (Lipinski definition) is 0. The summed E-state index contributed by atoms with van der Waals surface area (Å²) in [6, 6.07) is 50.2. The van der Waals surface area contributed by atoms with E-state index < -0.39 is 0 Å². The van der Waals surface area contributed by atoms with Crippen LogP contribution in [0, 0.1) is 0 Å². The predicted molar refractivity (Wildman–Crippen MR) is 191 cm³/mol. The van der Waals surface area contributed by atoms with Crippen molar-refractivity contribution < 1.29 is 4.57 Å². The molecule has 5 nitrogen and oxygen atoms in total. The van der Waals surface area contributed by atoms with Crippen molar-refractivity contribution in [3.63, 3.8) is 0 Å². The van der Waals surface area contributed by atoms with Crippen molar-refractivity contribution in [3.8, 4) is 50.8 Å². The van der Waals surface area contributed by atoms with Crippen LogP contribution in [0.2, 0.25) is 0 Å². The van der Waals surface area contributed by atoms with Crippen LogP contribution in [0.1, 0.15) is 0 Å². The van der Waals surface area contributed by atoms with Gasteiger partial charge in [-0.2, -0.15) is 4.57 Å². The third-order valence-corrected chi connectivity index (χ3v) is 9.62. The van der Waals surface area contributed by atoms with Gasteiger partial charge in [-0.1, -0.05) is 94.9 Å². The van der Waals surface area contributed by atoms with Crippen LogP contribution in [0.25, 0.3) is 82.1 Å². The molecule has 9 rings (SSSR count). The second-order valence-corrected chi connectivity index (χ2v) is 12.4. The van der Waals surface area contributed by atoms with Gasteiger partial charge in [-0.3, -0.25) is 0 Å². The fourth-order valence-electron chi connectivity index (χ4n) is 6.36. The maximum atomic E-state index is 5.16. The monoisotopic (exact) mass is 620 g/mol. The molecule has 0 atom stereocenters. The highest BCUT2D eigenvalue weighted by Crippen LogP contribution is 2.42. The molecule has 0 radical (unpaired) electrons. The van der Waals surface area contributed by atoms with E-state index in [4.69, 9.17) is 19.9 Å². The summed E-state index contributed by atoms with van der Waals surface area (Å²) in [4.78, 5) is 19.9. The molecule has 0 saturated heterocycles. The van der Waals surface area contributed by atoms with Gasteiger partial charge in [-0.25, -0.2) is 9.97 Å². The third kappa shape index (κ3) is 4.74. The van der Waals surface area contributed by atoms with E-state index >= 15 is 0 Å². The topological polar surface area (TPSA) is 55.4 Å². The van der Waals surface area contributed by atoms with Gasteiger partial charge in [0.2, 0.25) is 6.33 Å². The van der Waals surface area contributed by atoms with Crippen molar-refractivity contribution in [3.05, 3.63) is 158 Å². The van der Waals surface area contributed by atoms with Crippen LogP contribution in [0.3, 0.4) is 0 Å². The van der Waals surface area contributed by atoms with Gasteiger partial charge in [0.1, 0.15) is 5.69 Å². The summed E-state index contributed by atoms with van der Waals surface area (Å²) in [6.07, 6.45) is 3.72. The van der Waals surface area contributed by atoms with E-state index in [1.807, 2.05) is 73.2 Å². The Bertz CT molecular complexity index is 2560. The van der Waals surface area contributed by atoms with Gasteiger partial charge < -0.3 is 0 Å². The van der Waals surface area contributed by atoms with E-state index in [1.54, 1.807) is 11.3 Å². The first-order valence-electron chi connectivity index (χ1n) is 15.5. The lowest BCUT2D eigenvalue weighted by Gasteiger charge is -2.12. The highest BCUT2D eigenvalue weighted by Gasteiger charge is 2.24. The molecule has 0 N–H and O–H groups in total. The second-order valence-electron chi connectivity index (χ2n) is 11.3. The number of hydrogen-bond acceptors (Lipinski definition) is 5. The molecule has 0 bridgehead atoms. The summed E-state index contributed by atoms with van der Waals surface area (Å²) < 4.78 is 4.50. The first kappa shape index (κ1) is 27.2. The van der Waals surface area contributed by atoms with Crippen molar-refractivity contribution in [2.45, 2.75) is 0 Å². The molecule has 0 spiro atoms. The van der Waals surface area contributed by atoms with Gasteiger partial charge in [-0.15, -0.1) is 11.3 Å². The van der Waals surface area contributed by atoms with E-state index in [9.17, 15) is 0 Å². The molecule has 4 heterocycles. The molecule has 9 aromatic rings. The largest absolute Gasteiger partial charge is 0.307 e. The smallest absolute Gasteiger partial charge is 0.237 e. The normalized spacial score (nSPS) is 11.4. The standard InChI is InChI=1S/C41H26N5S/c1-4-13-27(14-5-1)32-25-33(44-40-30(32)20-12-24-42-40)31-19-10-22-35-37(31)38-34(21-11-23-36(38)47-35)46-26-43-39(28-15-6-2-7-16-28)45-41(46)29-17-8-3-9-18-29/h1-26H/q+1. The van der Waals surface area contributed by atoms with Gasteiger partial charge in [0.05, 0.1) is 16.8 Å². The summed E-state index contributed by atoms with van der Waals surface area (Å²) in [5, 5.41) is 3.33. The Kier molecular flexibility index (Phi) is 6.58. The minimum atomic E-state index is 0.685. The molecular weight excluding hydrogens is 595 g/mol. The Hall–Kier alpha value is -6.11. The molecule has 0 amide bonds. The van der Waals surface area contributed by atoms with Crippen LogP contribution in [-0.2, 0) is 0 Å². The lowest BCUT2D eigenvalue weighted by atomic mass is 9.97. The van der Waals surface area contributed by atoms with Gasteiger partial charge in [0.15, 0.2) is 5.65 Å². The minimum absolute atomic E-state index is 0.685. The number of fused-ring (bicyclic) bond motifs is 4. The molecule has 0 unspecified atom stereocenters. The average Bonchev–Trinajstić information content (AvgIpc) is 3.55. The van der Waals surface area contributed by atoms with Crippen LogP contribution in [-0.4, -0.2) is 19.9 Å². The zero-order valence-electron chi connectivity index (χ0n) is 25.2. The molecule has 220 valence electrons. The Morgan fingerprint density at radius 1 is 0.511 bits per heavy atom. The van der Waals surface area contributed by atoms with Crippen molar-refractivity contribution in [1.29, 1.82) is 0 Å². The number of aromatic nitrogens is 5. The SMILES string of the molecule is c1ccc(-c2nc[n+](-c3cccc4sc5cccc(-c6cc(-c7ccccc7)c7cccnc7n6)c5c34)c(-c3ccccc3)n2)cc1. The number of pyridine rings is 2. The molecule has 0 aliphatic carbocycles. The third-order valence-electron chi connectivity index (χ3n) is 8.50. The van der Waals surface area contributed by atoms with Gasteiger partial charge >= 0.3 is 5.82 Å². The summed E-state index contributed by atoms with van der Waals surface area (Å²) >= 11 is 1.79. The Labute approximate surface area is 275 Å². The maximum absolute atomic E-state index is 5.16. The van der Waals surface area contributed by atoms with E-state index in [2.05, 4.69) is 89.5 Å². The Balaban J connectivity index is 1.32. The highest BCUT2D eigenvalue weighted by atomic mass is 32.1. The molecule has 5 aromatic carbocycles. The van der Waals surface area contributed by atoms with E-state index in [0.29, 0.717) is 5.82 Å². The molecule has 0 aliphatic rings. The molecule has 0 fully saturated rings. The number of benzene rings is 5. The number of nitrogens with zero attached hydrogens (tertiary/aromatic N) is 5. The van der Waals surface area contributed by atoms with Gasteiger partial charge in [0, 0.05) is 37.3 Å². The van der Waals surface area contributed by atoms with Crippen LogP contribution in [0.15, 0.2) is 158 Å². The van der Waals surface area contributed by atoms with E-state index in [0.717, 1.165) is 66.8 Å². The van der Waals surface area contributed by atoms with Crippen molar-refractivity contribution in [1.82, 2.24) is 19.9 Å². The van der Waals surface area contributed by atoms with Crippen LogP contribution in [0.5, 0.6) is 0 Å². The first-order valence-corrected chi connectivity index (χ1v) is 16.3. The fourth-order valence-corrected chi connectivity index (χ4v) is 7.51. The van der Waals surface area contributed by atoms with Gasteiger partial charge in [0.25, 0.3) is 5.82 Å². The predicted octanol–water partition coefficient (Wildman–Crippen LogP) is 9.73. The lowest BCUT2D eigenvalue weighted by molar-refractivity contribution is -0.588. The second kappa shape index (κ2) is 11.4. The summed E-state index contributed by atoms with van der Waals surface area (Å²) in [7, 11) is 0. The molecule has 0 saturated carbocycles. The zero-order chi connectivity index (χ0) is 31.2. The van der Waals surface area contributed by atoms with E-state index in [1.165, 1.54) is 9.40 Å².